The highest BCUT2D eigenvalue weighted by molar-refractivity contribution is 7.92. The van der Waals surface area contributed by atoms with Crippen molar-refractivity contribution in [3.63, 3.8) is 0 Å². The van der Waals surface area contributed by atoms with E-state index in [0.29, 0.717) is 23.6 Å². The number of anilines is 1. The van der Waals surface area contributed by atoms with Crippen LogP contribution in [0.3, 0.4) is 0 Å². The number of sulfonamides is 1. The van der Waals surface area contributed by atoms with Gasteiger partial charge in [0.25, 0.3) is 0 Å². The Morgan fingerprint density at radius 2 is 1.44 bits per heavy atom. The third kappa shape index (κ3) is 7.09. The molecular formula is C27H32N2O4S. The van der Waals surface area contributed by atoms with Crippen LogP contribution in [0.1, 0.15) is 32.8 Å². The van der Waals surface area contributed by atoms with E-state index in [1.54, 1.807) is 24.3 Å². The number of ether oxygens (including phenoxy) is 1. The van der Waals surface area contributed by atoms with Crippen LogP contribution in [0.4, 0.5) is 5.69 Å². The van der Waals surface area contributed by atoms with Gasteiger partial charge in [-0.3, -0.25) is 9.10 Å². The van der Waals surface area contributed by atoms with Crippen LogP contribution in [0.5, 0.6) is 11.5 Å². The van der Waals surface area contributed by atoms with Crippen LogP contribution in [-0.4, -0.2) is 33.2 Å². The Hall–Kier alpha value is -3.32. The maximum atomic E-state index is 12.8. The molecule has 7 heteroatoms. The molecule has 0 aliphatic rings. The minimum absolute atomic E-state index is 0.134. The summed E-state index contributed by atoms with van der Waals surface area (Å²) in [4.78, 5) is 12.8. The second-order valence-electron chi connectivity index (χ2n) is 9.10. The van der Waals surface area contributed by atoms with Gasteiger partial charge in [0, 0.05) is 6.04 Å². The zero-order valence-corrected chi connectivity index (χ0v) is 20.9. The molecule has 0 aliphatic carbocycles. The van der Waals surface area contributed by atoms with Crippen LogP contribution in [-0.2, 0) is 20.2 Å². The Kier molecular flexibility index (Phi) is 7.99. The van der Waals surface area contributed by atoms with Crippen molar-refractivity contribution < 1.29 is 17.9 Å². The van der Waals surface area contributed by atoms with Gasteiger partial charge in [0.15, 0.2) is 0 Å². The lowest BCUT2D eigenvalue weighted by molar-refractivity contribution is -0.120. The molecule has 0 radical (unpaired) electrons. The third-order valence-corrected chi connectivity index (χ3v) is 6.71. The molecule has 1 unspecified atom stereocenters. The summed E-state index contributed by atoms with van der Waals surface area (Å²) in [5, 5.41) is 2.95. The Labute approximate surface area is 202 Å². The SMILES string of the molecule is CC(CC(C)(C)c1ccccc1)NC(=O)CN(c1ccc(Oc2ccccc2)cc1)S(C)(=O)=O. The summed E-state index contributed by atoms with van der Waals surface area (Å²) in [6.07, 6.45) is 1.81. The molecule has 3 aromatic rings. The molecule has 6 nitrogen and oxygen atoms in total. The van der Waals surface area contributed by atoms with E-state index in [1.807, 2.05) is 55.5 Å². The van der Waals surface area contributed by atoms with Gasteiger partial charge in [-0.15, -0.1) is 0 Å². The average molecular weight is 481 g/mol. The van der Waals surface area contributed by atoms with E-state index < -0.39 is 10.0 Å². The molecule has 0 saturated carbocycles. The predicted molar refractivity (Wildman–Crippen MR) is 137 cm³/mol. The third-order valence-electron chi connectivity index (χ3n) is 5.57. The number of benzene rings is 3. The van der Waals surface area contributed by atoms with E-state index in [-0.39, 0.29) is 23.9 Å². The van der Waals surface area contributed by atoms with Crippen molar-refractivity contribution in [2.45, 2.75) is 38.6 Å². The number of nitrogens with zero attached hydrogens (tertiary/aromatic N) is 1. The fourth-order valence-electron chi connectivity index (χ4n) is 3.98. The van der Waals surface area contributed by atoms with Crippen molar-refractivity contribution in [1.29, 1.82) is 0 Å². The van der Waals surface area contributed by atoms with Crippen LogP contribution in [0.25, 0.3) is 0 Å². The van der Waals surface area contributed by atoms with Crippen molar-refractivity contribution in [2.75, 3.05) is 17.1 Å². The molecule has 0 saturated heterocycles. The van der Waals surface area contributed by atoms with Crippen LogP contribution in [0.2, 0.25) is 0 Å². The van der Waals surface area contributed by atoms with Gasteiger partial charge < -0.3 is 10.1 Å². The number of hydrogen-bond donors (Lipinski definition) is 1. The van der Waals surface area contributed by atoms with Gasteiger partial charge in [-0.2, -0.15) is 0 Å². The lowest BCUT2D eigenvalue weighted by Crippen LogP contribution is -2.44. The first-order valence-electron chi connectivity index (χ1n) is 11.2. The molecule has 3 rings (SSSR count). The predicted octanol–water partition coefficient (Wildman–Crippen LogP) is 5.12. The first kappa shape index (κ1) is 25.3. The van der Waals surface area contributed by atoms with E-state index in [2.05, 4.69) is 31.3 Å². The van der Waals surface area contributed by atoms with E-state index in [1.165, 1.54) is 5.56 Å². The molecule has 0 aromatic heterocycles. The lowest BCUT2D eigenvalue weighted by Gasteiger charge is -2.30. The summed E-state index contributed by atoms with van der Waals surface area (Å²) in [5.74, 6) is 0.901. The van der Waals surface area contributed by atoms with Crippen LogP contribution < -0.4 is 14.4 Å². The number of para-hydroxylation sites is 1. The standard InChI is InChI=1S/C27H32N2O4S/c1-21(19-27(2,3)22-11-7-5-8-12-22)28-26(30)20-29(34(4,31)32)23-15-17-25(18-16-23)33-24-13-9-6-10-14-24/h5-18,21H,19-20H2,1-4H3,(H,28,30). The quantitative estimate of drug-likeness (QED) is 0.437. The topological polar surface area (TPSA) is 75.7 Å². The molecule has 34 heavy (non-hydrogen) atoms. The zero-order valence-electron chi connectivity index (χ0n) is 20.1. The van der Waals surface area contributed by atoms with E-state index in [9.17, 15) is 13.2 Å². The molecule has 3 aromatic carbocycles. The summed E-state index contributed by atoms with van der Waals surface area (Å²) in [5.41, 5.74) is 1.45. The molecule has 0 fully saturated rings. The molecule has 0 heterocycles. The zero-order chi connectivity index (χ0) is 24.8. The monoisotopic (exact) mass is 480 g/mol. The van der Waals surface area contributed by atoms with Crippen molar-refractivity contribution in [2.24, 2.45) is 0 Å². The van der Waals surface area contributed by atoms with Crippen molar-refractivity contribution in [3.8, 4) is 11.5 Å². The van der Waals surface area contributed by atoms with Gasteiger partial charge in [-0.25, -0.2) is 8.42 Å². The first-order chi connectivity index (χ1) is 16.0. The number of rotatable bonds is 10. The Balaban J connectivity index is 1.65. The number of carbonyl (C=O) groups excluding carboxylic acids is 1. The van der Waals surface area contributed by atoms with Gasteiger partial charge in [-0.05, 0) is 60.7 Å². The molecule has 0 aliphatic heterocycles. The number of amides is 1. The van der Waals surface area contributed by atoms with Gasteiger partial charge in [-0.1, -0.05) is 62.4 Å². The molecule has 1 atom stereocenters. The minimum Gasteiger partial charge on any atom is -0.457 e. The number of hydrogen-bond acceptors (Lipinski definition) is 4. The highest BCUT2D eigenvalue weighted by atomic mass is 32.2. The second kappa shape index (κ2) is 10.7. The maximum absolute atomic E-state index is 12.8. The van der Waals surface area contributed by atoms with Gasteiger partial charge in [0.2, 0.25) is 15.9 Å². The summed E-state index contributed by atoms with van der Waals surface area (Å²) in [7, 11) is -3.67. The summed E-state index contributed by atoms with van der Waals surface area (Å²) in [6, 6.07) is 25.9. The summed E-state index contributed by atoms with van der Waals surface area (Å²) < 4.78 is 31.8. The number of nitrogens with one attached hydrogen (secondary N) is 1. The second-order valence-corrected chi connectivity index (χ2v) is 11.0. The highest BCUT2D eigenvalue weighted by Crippen LogP contribution is 2.28. The Morgan fingerprint density at radius 1 is 0.912 bits per heavy atom. The fourth-order valence-corrected chi connectivity index (χ4v) is 4.84. The van der Waals surface area contributed by atoms with Crippen molar-refractivity contribution in [3.05, 3.63) is 90.5 Å². The number of carbonyl (C=O) groups is 1. The molecular weight excluding hydrogens is 448 g/mol. The van der Waals surface area contributed by atoms with E-state index in [4.69, 9.17) is 4.74 Å². The van der Waals surface area contributed by atoms with Crippen molar-refractivity contribution in [1.82, 2.24) is 5.32 Å². The normalized spacial score (nSPS) is 12.6. The maximum Gasteiger partial charge on any atom is 0.240 e. The van der Waals surface area contributed by atoms with Gasteiger partial charge >= 0.3 is 0 Å². The molecule has 0 bridgehead atoms. The van der Waals surface area contributed by atoms with Gasteiger partial charge in [0.1, 0.15) is 18.0 Å². The molecule has 1 N–H and O–H groups in total. The van der Waals surface area contributed by atoms with Crippen molar-refractivity contribution >= 4 is 21.6 Å². The molecule has 180 valence electrons. The largest absolute Gasteiger partial charge is 0.457 e. The van der Waals surface area contributed by atoms with Crippen LogP contribution >= 0.6 is 0 Å². The van der Waals surface area contributed by atoms with E-state index >= 15 is 0 Å². The van der Waals surface area contributed by atoms with Crippen LogP contribution in [0.15, 0.2) is 84.9 Å². The Bertz CT molecular complexity index is 1180. The summed E-state index contributed by atoms with van der Waals surface area (Å²) in [6.45, 7) is 5.90. The lowest BCUT2D eigenvalue weighted by atomic mass is 9.79. The first-order valence-corrected chi connectivity index (χ1v) is 13.0. The molecule has 1 amide bonds. The molecule has 0 spiro atoms. The smallest absolute Gasteiger partial charge is 0.240 e. The van der Waals surface area contributed by atoms with Crippen LogP contribution in [0, 0.1) is 0 Å². The van der Waals surface area contributed by atoms with Gasteiger partial charge in [0.05, 0.1) is 11.9 Å². The average Bonchev–Trinajstić information content (AvgIpc) is 2.78. The Morgan fingerprint density at radius 3 is 2.00 bits per heavy atom. The fraction of sp³-hybridized carbons (Fsp3) is 0.296. The summed E-state index contributed by atoms with van der Waals surface area (Å²) >= 11 is 0. The minimum atomic E-state index is -3.67. The van der Waals surface area contributed by atoms with E-state index in [0.717, 1.165) is 10.6 Å². The highest BCUT2D eigenvalue weighted by Gasteiger charge is 2.26.